The highest BCUT2D eigenvalue weighted by atomic mass is 14.9. The summed E-state index contributed by atoms with van der Waals surface area (Å²) >= 11 is 0. The first-order chi connectivity index (χ1) is 6.24. The lowest BCUT2D eigenvalue weighted by atomic mass is 10.2. The molecule has 0 saturated heterocycles. The van der Waals surface area contributed by atoms with Gasteiger partial charge in [0, 0.05) is 18.1 Å². The summed E-state index contributed by atoms with van der Waals surface area (Å²) in [4.78, 5) is 0. The second kappa shape index (κ2) is 4.15. The average molecular weight is 176 g/mol. The van der Waals surface area contributed by atoms with Crippen LogP contribution in [0, 0.1) is 5.41 Å². The van der Waals surface area contributed by atoms with Gasteiger partial charge in [-0.1, -0.05) is 0 Å². The molecule has 0 spiro atoms. The van der Waals surface area contributed by atoms with Crippen LogP contribution in [0.2, 0.25) is 0 Å². The molecule has 0 atom stereocenters. The Kier molecular flexibility index (Phi) is 2.92. The van der Waals surface area contributed by atoms with Crippen molar-refractivity contribution in [2.45, 2.75) is 0 Å². The van der Waals surface area contributed by atoms with Crippen molar-refractivity contribution >= 4 is 23.3 Å². The Labute approximate surface area is 76.8 Å². The Morgan fingerprint density at radius 1 is 1.31 bits per heavy atom. The monoisotopic (exact) mass is 176 g/mol. The third-order valence-electron chi connectivity index (χ3n) is 1.51. The number of anilines is 3. The lowest BCUT2D eigenvalue weighted by Gasteiger charge is -2.05. The van der Waals surface area contributed by atoms with Crippen molar-refractivity contribution in [3.63, 3.8) is 0 Å². The summed E-state index contributed by atoms with van der Waals surface area (Å²) < 4.78 is 0. The van der Waals surface area contributed by atoms with Gasteiger partial charge in [0.05, 0.1) is 11.4 Å². The van der Waals surface area contributed by atoms with E-state index in [0.29, 0.717) is 11.4 Å². The summed E-state index contributed by atoms with van der Waals surface area (Å²) in [6, 6.07) is 5.23. The predicted octanol–water partition coefficient (Wildman–Crippen LogP) is 1.43. The molecule has 1 rings (SSSR count). The van der Waals surface area contributed by atoms with E-state index in [1.807, 2.05) is 0 Å². The molecule has 0 bridgehead atoms. The van der Waals surface area contributed by atoms with Crippen LogP contribution < -0.4 is 16.8 Å². The zero-order chi connectivity index (χ0) is 9.68. The lowest BCUT2D eigenvalue weighted by molar-refractivity contribution is 1.55. The van der Waals surface area contributed by atoms with E-state index in [9.17, 15) is 0 Å². The van der Waals surface area contributed by atoms with Gasteiger partial charge in [0.1, 0.15) is 0 Å². The first-order valence-corrected chi connectivity index (χ1v) is 3.81. The topological polar surface area (TPSA) is 87.9 Å². The molecule has 0 radical (unpaired) electrons. The van der Waals surface area contributed by atoms with E-state index >= 15 is 0 Å². The SMILES string of the molecule is N=C/C=C\Nc1ccc(N)cc1N. The molecule has 0 amide bonds. The summed E-state index contributed by atoms with van der Waals surface area (Å²) in [6.07, 6.45) is 4.38. The van der Waals surface area contributed by atoms with Crippen LogP contribution in [0.4, 0.5) is 17.1 Å². The molecule has 0 unspecified atom stereocenters. The predicted molar refractivity (Wildman–Crippen MR) is 56.8 cm³/mol. The molecule has 0 aliphatic rings. The molecule has 0 aromatic heterocycles. The van der Waals surface area contributed by atoms with Crippen molar-refractivity contribution in [3.8, 4) is 0 Å². The normalized spacial score (nSPS) is 10.2. The molecular weight excluding hydrogens is 164 g/mol. The van der Waals surface area contributed by atoms with Crippen LogP contribution in [0.15, 0.2) is 30.5 Å². The second-order valence-corrected chi connectivity index (χ2v) is 2.52. The van der Waals surface area contributed by atoms with Crippen molar-refractivity contribution in [1.82, 2.24) is 0 Å². The molecule has 1 aromatic rings. The average Bonchev–Trinajstić information content (AvgIpc) is 2.09. The molecule has 0 aliphatic carbocycles. The first-order valence-electron chi connectivity index (χ1n) is 3.81. The Hall–Kier alpha value is -1.97. The van der Waals surface area contributed by atoms with Crippen LogP contribution in [0.25, 0.3) is 0 Å². The van der Waals surface area contributed by atoms with Crippen LogP contribution in [-0.4, -0.2) is 6.21 Å². The molecule has 1 aromatic carbocycles. The number of nitrogen functional groups attached to an aromatic ring is 2. The Bertz CT molecular complexity index is 330. The van der Waals surface area contributed by atoms with Gasteiger partial charge in [0.2, 0.25) is 0 Å². The van der Waals surface area contributed by atoms with Gasteiger partial charge in [-0.3, -0.25) is 0 Å². The Morgan fingerprint density at radius 3 is 2.69 bits per heavy atom. The number of hydrogen-bond donors (Lipinski definition) is 4. The van der Waals surface area contributed by atoms with Crippen LogP contribution in [-0.2, 0) is 0 Å². The van der Waals surface area contributed by atoms with E-state index in [1.165, 1.54) is 6.21 Å². The fourth-order valence-corrected chi connectivity index (χ4v) is 0.899. The fraction of sp³-hybridized carbons (Fsp3) is 0. The minimum absolute atomic E-state index is 0.592. The molecule has 13 heavy (non-hydrogen) atoms. The smallest absolute Gasteiger partial charge is 0.0614 e. The van der Waals surface area contributed by atoms with Gasteiger partial charge >= 0.3 is 0 Å². The van der Waals surface area contributed by atoms with Crippen molar-refractivity contribution in [2.75, 3.05) is 16.8 Å². The van der Waals surface area contributed by atoms with E-state index < -0.39 is 0 Å². The van der Waals surface area contributed by atoms with Gasteiger partial charge in [-0.15, -0.1) is 0 Å². The summed E-state index contributed by atoms with van der Waals surface area (Å²) in [7, 11) is 0. The third-order valence-corrected chi connectivity index (χ3v) is 1.51. The van der Waals surface area contributed by atoms with Crippen molar-refractivity contribution in [2.24, 2.45) is 0 Å². The molecule has 0 heterocycles. The number of nitrogens with one attached hydrogen (secondary N) is 2. The zero-order valence-electron chi connectivity index (χ0n) is 7.12. The van der Waals surface area contributed by atoms with Gasteiger partial charge in [-0.05, 0) is 24.3 Å². The number of rotatable bonds is 3. The second-order valence-electron chi connectivity index (χ2n) is 2.52. The summed E-state index contributed by atoms with van der Waals surface area (Å²) in [5.74, 6) is 0. The Morgan fingerprint density at radius 2 is 2.08 bits per heavy atom. The van der Waals surface area contributed by atoms with Crippen LogP contribution in [0.5, 0.6) is 0 Å². The van der Waals surface area contributed by atoms with E-state index in [-0.39, 0.29) is 0 Å². The van der Waals surface area contributed by atoms with E-state index in [2.05, 4.69) is 5.32 Å². The maximum absolute atomic E-state index is 6.75. The first kappa shape index (κ1) is 9.12. The largest absolute Gasteiger partial charge is 0.399 e. The third kappa shape index (κ3) is 2.52. The van der Waals surface area contributed by atoms with Crippen molar-refractivity contribution in [1.29, 1.82) is 5.41 Å². The van der Waals surface area contributed by atoms with Gasteiger partial charge in [0.15, 0.2) is 0 Å². The molecule has 4 nitrogen and oxygen atoms in total. The van der Waals surface area contributed by atoms with E-state index in [0.717, 1.165) is 5.69 Å². The number of nitrogens with two attached hydrogens (primary N) is 2. The van der Waals surface area contributed by atoms with Crippen LogP contribution in [0.1, 0.15) is 0 Å². The summed E-state index contributed by atoms with van der Waals surface area (Å²) in [6.45, 7) is 0. The summed E-state index contributed by atoms with van der Waals surface area (Å²) in [5.41, 5.74) is 13.2. The molecule has 0 saturated carbocycles. The number of benzene rings is 1. The highest BCUT2D eigenvalue weighted by molar-refractivity contribution is 5.73. The zero-order valence-corrected chi connectivity index (χ0v) is 7.12. The minimum atomic E-state index is 0.592. The quantitative estimate of drug-likeness (QED) is 0.415. The summed E-state index contributed by atoms with van der Waals surface area (Å²) in [5, 5.41) is 9.68. The van der Waals surface area contributed by atoms with Gasteiger partial charge < -0.3 is 22.2 Å². The molecular formula is C9H12N4. The number of hydrogen-bond acceptors (Lipinski definition) is 4. The van der Waals surface area contributed by atoms with E-state index in [1.54, 1.807) is 30.5 Å². The van der Waals surface area contributed by atoms with Crippen molar-refractivity contribution in [3.05, 3.63) is 30.5 Å². The molecule has 6 N–H and O–H groups in total. The van der Waals surface area contributed by atoms with Gasteiger partial charge in [0.25, 0.3) is 0 Å². The van der Waals surface area contributed by atoms with Crippen LogP contribution >= 0.6 is 0 Å². The number of allylic oxidation sites excluding steroid dienone is 1. The highest BCUT2D eigenvalue weighted by Gasteiger charge is 1.95. The van der Waals surface area contributed by atoms with Gasteiger partial charge in [-0.2, -0.15) is 0 Å². The molecule has 0 fully saturated rings. The Balaban J connectivity index is 2.77. The van der Waals surface area contributed by atoms with Gasteiger partial charge in [-0.25, -0.2) is 0 Å². The molecule has 4 heteroatoms. The van der Waals surface area contributed by atoms with E-state index in [4.69, 9.17) is 16.9 Å². The van der Waals surface area contributed by atoms with Crippen LogP contribution in [0.3, 0.4) is 0 Å². The fourth-order valence-electron chi connectivity index (χ4n) is 0.899. The standard InChI is InChI=1S/C9H12N4/c10-4-1-5-13-9-3-2-7(11)6-8(9)12/h1-6,10,13H,11-12H2/b5-1-,10-4?. The van der Waals surface area contributed by atoms with Crippen molar-refractivity contribution < 1.29 is 0 Å². The maximum Gasteiger partial charge on any atom is 0.0614 e. The lowest BCUT2D eigenvalue weighted by Crippen LogP contribution is -1.96. The molecule has 68 valence electrons. The highest BCUT2D eigenvalue weighted by Crippen LogP contribution is 2.20. The molecule has 0 aliphatic heterocycles. The minimum Gasteiger partial charge on any atom is -0.399 e. The maximum atomic E-state index is 6.75.